The minimum absolute atomic E-state index is 0.0486. The first kappa shape index (κ1) is 6.20. The highest BCUT2D eigenvalue weighted by atomic mass is 19.1. The Morgan fingerprint density at radius 2 is 2.56 bits per heavy atom. The summed E-state index contributed by atoms with van der Waals surface area (Å²) in [4.78, 5) is 10.0. The summed E-state index contributed by atoms with van der Waals surface area (Å²) in [5.41, 5.74) is -1.78. The summed E-state index contributed by atoms with van der Waals surface area (Å²) in [6.07, 6.45) is 7.27. The lowest BCUT2D eigenvalue weighted by atomic mass is 10.00. The van der Waals surface area contributed by atoms with Crippen LogP contribution in [-0.4, -0.2) is 12.0 Å². The standard InChI is InChI=1S/C7H6FO/c8-7(6-9)4-2-1-3-5-7/h1-2,4,6H,5H2. The molecule has 0 aromatic heterocycles. The van der Waals surface area contributed by atoms with Crippen LogP contribution in [0.5, 0.6) is 0 Å². The molecule has 0 aliphatic heterocycles. The first-order valence-electron chi connectivity index (χ1n) is 2.66. The van der Waals surface area contributed by atoms with Gasteiger partial charge in [0.2, 0.25) is 0 Å². The smallest absolute Gasteiger partial charge is 0.188 e. The van der Waals surface area contributed by atoms with Gasteiger partial charge in [0.05, 0.1) is 0 Å². The molecule has 0 bridgehead atoms. The van der Waals surface area contributed by atoms with Crippen molar-refractivity contribution in [3.8, 4) is 0 Å². The van der Waals surface area contributed by atoms with Gasteiger partial charge in [-0.3, -0.25) is 4.79 Å². The number of carbonyl (C=O) groups is 1. The highest BCUT2D eigenvalue weighted by molar-refractivity contribution is 5.66. The molecule has 0 heterocycles. The largest absolute Gasteiger partial charge is 0.299 e. The van der Waals surface area contributed by atoms with Crippen LogP contribution in [0.4, 0.5) is 4.39 Å². The van der Waals surface area contributed by atoms with E-state index in [1.54, 1.807) is 6.08 Å². The van der Waals surface area contributed by atoms with Gasteiger partial charge >= 0.3 is 0 Å². The molecule has 0 amide bonds. The van der Waals surface area contributed by atoms with Gasteiger partial charge < -0.3 is 0 Å². The molecule has 0 N–H and O–H groups in total. The molecule has 1 rings (SSSR count). The molecule has 2 heteroatoms. The zero-order chi connectivity index (χ0) is 6.74. The number of rotatable bonds is 1. The number of hydrogen-bond acceptors (Lipinski definition) is 1. The maximum atomic E-state index is 12.8. The summed E-state index contributed by atoms with van der Waals surface area (Å²) < 4.78 is 12.8. The molecule has 1 atom stereocenters. The Kier molecular flexibility index (Phi) is 1.47. The van der Waals surface area contributed by atoms with Gasteiger partial charge in [-0.2, -0.15) is 0 Å². The van der Waals surface area contributed by atoms with E-state index in [0.29, 0.717) is 6.29 Å². The molecule has 1 nitrogen and oxygen atoms in total. The lowest BCUT2D eigenvalue weighted by Gasteiger charge is -2.12. The van der Waals surface area contributed by atoms with Crippen molar-refractivity contribution in [2.75, 3.05) is 0 Å². The van der Waals surface area contributed by atoms with E-state index in [4.69, 9.17) is 0 Å². The average Bonchev–Trinajstić information content (AvgIpc) is 1.90. The molecule has 0 spiro atoms. The molecule has 9 heavy (non-hydrogen) atoms. The Balaban J connectivity index is 2.73. The molecule has 1 aliphatic rings. The van der Waals surface area contributed by atoms with Crippen LogP contribution < -0.4 is 0 Å². The third-order valence-corrected chi connectivity index (χ3v) is 1.16. The molecule has 0 saturated heterocycles. The van der Waals surface area contributed by atoms with Crippen LogP contribution in [0.1, 0.15) is 6.42 Å². The second-order valence-corrected chi connectivity index (χ2v) is 1.95. The summed E-state index contributed by atoms with van der Waals surface area (Å²) >= 11 is 0. The maximum absolute atomic E-state index is 12.8. The van der Waals surface area contributed by atoms with Gasteiger partial charge in [-0.25, -0.2) is 4.39 Å². The second-order valence-electron chi connectivity index (χ2n) is 1.95. The number of carbonyl (C=O) groups excluding carboxylic acids is 1. The van der Waals surface area contributed by atoms with E-state index in [-0.39, 0.29) is 6.42 Å². The topological polar surface area (TPSA) is 17.1 Å². The van der Waals surface area contributed by atoms with Crippen molar-refractivity contribution in [1.29, 1.82) is 0 Å². The number of hydrogen-bond donors (Lipinski definition) is 0. The van der Waals surface area contributed by atoms with E-state index in [1.807, 2.05) is 0 Å². The number of aldehydes is 1. The minimum atomic E-state index is -1.78. The third kappa shape index (κ3) is 1.25. The van der Waals surface area contributed by atoms with Crippen LogP contribution >= 0.6 is 0 Å². The summed E-state index contributed by atoms with van der Waals surface area (Å²) in [7, 11) is 0. The molecular weight excluding hydrogens is 119 g/mol. The van der Waals surface area contributed by atoms with Gasteiger partial charge in [0.1, 0.15) is 0 Å². The Hall–Kier alpha value is -0.920. The molecule has 0 aromatic carbocycles. The summed E-state index contributed by atoms with van der Waals surface area (Å²) in [5, 5.41) is 0. The molecule has 0 saturated carbocycles. The van der Waals surface area contributed by atoms with E-state index in [9.17, 15) is 9.18 Å². The van der Waals surface area contributed by atoms with Gasteiger partial charge in [-0.1, -0.05) is 12.2 Å². The molecule has 1 radical (unpaired) electrons. The molecular formula is C7H6FO. The molecule has 1 unspecified atom stereocenters. The zero-order valence-corrected chi connectivity index (χ0v) is 4.80. The fourth-order valence-electron chi connectivity index (χ4n) is 0.631. The fourth-order valence-corrected chi connectivity index (χ4v) is 0.631. The average molecular weight is 125 g/mol. The molecule has 0 fully saturated rings. The number of alkyl halides is 1. The van der Waals surface area contributed by atoms with E-state index in [2.05, 4.69) is 6.08 Å². The lowest BCUT2D eigenvalue weighted by molar-refractivity contribution is -0.115. The van der Waals surface area contributed by atoms with Crippen molar-refractivity contribution in [1.82, 2.24) is 0 Å². The monoisotopic (exact) mass is 125 g/mol. The lowest BCUT2D eigenvalue weighted by Crippen LogP contribution is -2.21. The fraction of sp³-hybridized carbons (Fsp3) is 0.286. The summed E-state index contributed by atoms with van der Waals surface area (Å²) in [6, 6.07) is 0. The van der Waals surface area contributed by atoms with Gasteiger partial charge in [0, 0.05) is 6.42 Å². The maximum Gasteiger partial charge on any atom is 0.188 e. The van der Waals surface area contributed by atoms with E-state index in [1.165, 1.54) is 12.2 Å². The van der Waals surface area contributed by atoms with Crippen molar-refractivity contribution < 1.29 is 9.18 Å². The predicted molar refractivity (Wildman–Crippen MR) is 31.5 cm³/mol. The van der Waals surface area contributed by atoms with Crippen LogP contribution in [0.25, 0.3) is 0 Å². The number of allylic oxidation sites excluding steroid dienone is 4. The molecule has 1 aliphatic carbocycles. The Labute approximate surface area is 52.9 Å². The van der Waals surface area contributed by atoms with Gasteiger partial charge in [0.15, 0.2) is 12.0 Å². The van der Waals surface area contributed by atoms with Crippen LogP contribution in [0, 0.1) is 6.08 Å². The molecule has 47 valence electrons. The van der Waals surface area contributed by atoms with Crippen LogP contribution in [-0.2, 0) is 4.79 Å². The first-order chi connectivity index (χ1) is 4.27. The normalized spacial score (nSPS) is 32.6. The van der Waals surface area contributed by atoms with Crippen molar-refractivity contribution >= 4 is 6.29 Å². The van der Waals surface area contributed by atoms with Crippen LogP contribution in [0.2, 0.25) is 0 Å². The Morgan fingerprint density at radius 1 is 1.78 bits per heavy atom. The third-order valence-electron chi connectivity index (χ3n) is 1.16. The summed E-state index contributed by atoms with van der Waals surface area (Å²) in [6.45, 7) is 0. The van der Waals surface area contributed by atoms with E-state index in [0.717, 1.165) is 0 Å². The van der Waals surface area contributed by atoms with Crippen molar-refractivity contribution in [2.24, 2.45) is 0 Å². The zero-order valence-electron chi connectivity index (χ0n) is 4.80. The van der Waals surface area contributed by atoms with Gasteiger partial charge in [-0.05, 0) is 12.2 Å². The molecule has 0 aromatic rings. The second kappa shape index (κ2) is 2.13. The van der Waals surface area contributed by atoms with E-state index >= 15 is 0 Å². The van der Waals surface area contributed by atoms with Crippen molar-refractivity contribution in [3.63, 3.8) is 0 Å². The first-order valence-corrected chi connectivity index (χ1v) is 2.66. The minimum Gasteiger partial charge on any atom is -0.299 e. The SMILES string of the molecule is O=CC1(F)C=CC=[C]C1. The highest BCUT2D eigenvalue weighted by Crippen LogP contribution is 2.18. The number of halogens is 1. The van der Waals surface area contributed by atoms with Crippen LogP contribution in [0.3, 0.4) is 0 Å². The van der Waals surface area contributed by atoms with Crippen molar-refractivity contribution in [2.45, 2.75) is 12.1 Å². The van der Waals surface area contributed by atoms with Crippen LogP contribution in [0.15, 0.2) is 18.2 Å². The Morgan fingerprint density at radius 3 is 2.89 bits per heavy atom. The van der Waals surface area contributed by atoms with E-state index < -0.39 is 5.67 Å². The van der Waals surface area contributed by atoms with Crippen molar-refractivity contribution in [3.05, 3.63) is 24.3 Å². The summed E-state index contributed by atoms with van der Waals surface area (Å²) in [5.74, 6) is 0. The predicted octanol–water partition coefficient (Wildman–Crippen LogP) is 1.21. The Bertz CT molecular complexity index is 172. The van der Waals surface area contributed by atoms with Gasteiger partial charge in [-0.15, -0.1) is 0 Å². The highest BCUT2D eigenvalue weighted by Gasteiger charge is 2.24. The van der Waals surface area contributed by atoms with Gasteiger partial charge in [0.25, 0.3) is 0 Å². The quantitative estimate of drug-likeness (QED) is 0.481.